The van der Waals surface area contributed by atoms with E-state index in [1.54, 1.807) is 17.8 Å². The molecular weight excluding hydrogens is 291 g/mol. The van der Waals surface area contributed by atoms with Crippen LogP contribution in [0.2, 0.25) is 0 Å². The summed E-state index contributed by atoms with van der Waals surface area (Å²) in [6.07, 6.45) is 2.34. The monoisotopic (exact) mass is 308 g/mol. The molecule has 0 saturated carbocycles. The molecule has 0 spiro atoms. The average molecular weight is 308 g/mol. The quantitative estimate of drug-likeness (QED) is 0.415. The highest BCUT2D eigenvalue weighted by Gasteiger charge is 2.19. The third-order valence-electron chi connectivity index (χ3n) is 2.02. The Kier molecular flexibility index (Phi) is 7.11. The van der Waals surface area contributed by atoms with Crippen LogP contribution < -0.4 is 4.52 Å². The molecule has 1 aromatic rings. The van der Waals surface area contributed by atoms with Crippen LogP contribution in [0.15, 0.2) is 17.2 Å². The maximum atomic E-state index is 5.38. The minimum absolute atomic E-state index is 0.321. The van der Waals surface area contributed by atoms with Gasteiger partial charge in [-0.15, -0.1) is 22.0 Å². The maximum Gasteiger partial charge on any atom is 0.381 e. The standard InChI is InChI=1S/C10H17N2O3PS2/c1-4-5-8-18-10-7-6-9(11-12-10)15-16(17,13-2)14-3/h6-7H,4-5,8H2,1-3H3. The van der Waals surface area contributed by atoms with E-state index in [9.17, 15) is 0 Å². The van der Waals surface area contributed by atoms with Gasteiger partial charge in [0.25, 0.3) is 0 Å². The van der Waals surface area contributed by atoms with Crippen LogP contribution in [-0.2, 0) is 20.9 Å². The lowest BCUT2D eigenvalue weighted by Gasteiger charge is -2.16. The summed E-state index contributed by atoms with van der Waals surface area (Å²) in [5.41, 5.74) is 0. The Morgan fingerprint density at radius 3 is 2.50 bits per heavy atom. The Bertz CT molecular complexity index is 395. The second-order valence-corrected chi connectivity index (χ2v) is 7.58. The molecule has 0 bridgehead atoms. The number of nitrogens with zero attached hydrogens (tertiary/aromatic N) is 2. The first-order valence-corrected chi connectivity index (χ1v) is 9.05. The molecule has 1 rings (SSSR count). The van der Waals surface area contributed by atoms with E-state index < -0.39 is 6.72 Å². The predicted octanol–water partition coefficient (Wildman–Crippen LogP) is 3.26. The summed E-state index contributed by atoms with van der Waals surface area (Å²) in [5.74, 6) is 1.36. The van der Waals surface area contributed by atoms with Gasteiger partial charge in [0.2, 0.25) is 5.88 Å². The topological polar surface area (TPSA) is 53.5 Å². The Morgan fingerprint density at radius 1 is 1.28 bits per heavy atom. The van der Waals surface area contributed by atoms with Gasteiger partial charge in [0.1, 0.15) is 5.03 Å². The zero-order chi connectivity index (χ0) is 13.4. The molecule has 18 heavy (non-hydrogen) atoms. The van der Waals surface area contributed by atoms with Crippen LogP contribution in [0.4, 0.5) is 0 Å². The van der Waals surface area contributed by atoms with Crippen LogP contribution in [0.1, 0.15) is 19.8 Å². The predicted molar refractivity (Wildman–Crippen MR) is 76.6 cm³/mol. The second-order valence-electron chi connectivity index (χ2n) is 3.32. The van der Waals surface area contributed by atoms with Gasteiger partial charge in [-0.25, -0.2) is 0 Å². The minimum atomic E-state index is -2.72. The van der Waals surface area contributed by atoms with Gasteiger partial charge in [-0.3, -0.25) is 0 Å². The molecule has 0 aliphatic carbocycles. The van der Waals surface area contributed by atoms with E-state index in [2.05, 4.69) is 17.1 Å². The van der Waals surface area contributed by atoms with Crippen molar-refractivity contribution >= 4 is 30.3 Å². The number of hydrogen-bond donors (Lipinski definition) is 0. The molecule has 0 aromatic carbocycles. The van der Waals surface area contributed by atoms with E-state index in [1.165, 1.54) is 27.1 Å². The van der Waals surface area contributed by atoms with E-state index in [4.69, 9.17) is 25.4 Å². The van der Waals surface area contributed by atoms with Gasteiger partial charge in [0.15, 0.2) is 0 Å². The molecule has 0 saturated heterocycles. The number of rotatable bonds is 8. The highest BCUT2D eigenvalue weighted by molar-refractivity contribution is 8.07. The van der Waals surface area contributed by atoms with Gasteiger partial charge in [0, 0.05) is 32.1 Å². The summed E-state index contributed by atoms with van der Waals surface area (Å²) in [4.78, 5) is 0. The van der Waals surface area contributed by atoms with Crippen molar-refractivity contribution in [3.8, 4) is 5.88 Å². The third kappa shape index (κ3) is 5.20. The van der Waals surface area contributed by atoms with E-state index >= 15 is 0 Å². The summed E-state index contributed by atoms with van der Waals surface area (Å²) in [6, 6.07) is 3.58. The van der Waals surface area contributed by atoms with Crippen molar-refractivity contribution in [1.82, 2.24) is 10.2 Å². The largest absolute Gasteiger partial charge is 0.404 e. The fourth-order valence-corrected chi connectivity index (χ4v) is 2.78. The summed E-state index contributed by atoms with van der Waals surface area (Å²) < 4.78 is 15.4. The lowest BCUT2D eigenvalue weighted by molar-refractivity contribution is 0.269. The van der Waals surface area contributed by atoms with Gasteiger partial charge in [0.05, 0.1) is 0 Å². The summed E-state index contributed by atoms with van der Waals surface area (Å²) in [5, 5.41) is 8.87. The smallest absolute Gasteiger partial charge is 0.381 e. The van der Waals surface area contributed by atoms with Crippen LogP contribution in [0.5, 0.6) is 5.88 Å². The maximum absolute atomic E-state index is 5.38. The molecule has 0 fully saturated rings. The molecule has 0 aliphatic rings. The average Bonchev–Trinajstić information content (AvgIpc) is 2.41. The molecule has 5 nitrogen and oxygen atoms in total. The molecule has 1 heterocycles. The van der Waals surface area contributed by atoms with E-state index in [0.717, 1.165) is 10.8 Å². The van der Waals surface area contributed by atoms with Crippen LogP contribution >= 0.6 is 18.5 Å². The number of hydrogen-bond acceptors (Lipinski definition) is 7. The normalized spacial score (nSPS) is 11.5. The second kappa shape index (κ2) is 8.07. The number of thioether (sulfide) groups is 1. The fourth-order valence-electron chi connectivity index (χ4n) is 1.02. The summed E-state index contributed by atoms with van der Waals surface area (Å²) in [7, 11) is 2.90. The molecular formula is C10H17N2O3PS2. The van der Waals surface area contributed by atoms with Crippen LogP contribution in [-0.4, -0.2) is 30.2 Å². The van der Waals surface area contributed by atoms with Crippen molar-refractivity contribution in [3.63, 3.8) is 0 Å². The molecule has 0 radical (unpaired) electrons. The SMILES string of the molecule is CCCCSc1ccc(OP(=S)(OC)OC)nn1. The van der Waals surface area contributed by atoms with Crippen molar-refractivity contribution in [3.05, 3.63) is 12.1 Å². The highest BCUT2D eigenvalue weighted by Crippen LogP contribution is 2.47. The van der Waals surface area contributed by atoms with E-state index in [1.807, 2.05) is 6.07 Å². The molecule has 0 amide bonds. The van der Waals surface area contributed by atoms with Gasteiger partial charge in [-0.05, 0) is 18.2 Å². The zero-order valence-electron chi connectivity index (χ0n) is 10.7. The lowest BCUT2D eigenvalue weighted by Crippen LogP contribution is -1.99. The zero-order valence-corrected chi connectivity index (χ0v) is 13.2. The number of aromatic nitrogens is 2. The van der Waals surface area contributed by atoms with Crippen molar-refractivity contribution in [2.45, 2.75) is 24.8 Å². The molecule has 0 atom stereocenters. The van der Waals surface area contributed by atoms with Crippen molar-refractivity contribution < 1.29 is 13.6 Å². The molecule has 0 aliphatic heterocycles. The van der Waals surface area contributed by atoms with Gasteiger partial charge >= 0.3 is 6.72 Å². The molecule has 8 heteroatoms. The third-order valence-corrected chi connectivity index (χ3v) is 5.45. The van der Waals surface area contributed by atoms with Crippen molar-refractivity contribution in [1.29, 1.82) is 0 Å². The van der Waals surface area contributed by atoms with Crippen molar-refractivity contribution in [2.75, 3.05) is 20.0 Å². The van der Waals surface area contributed by atoms with E-state index in [-0.39, 0.29) is 0 Å². The van der Waals surface area contributed by atoms with Crippen LogP contribution in [0.3, 0.4) is 0 Å². The lowest BCUT2D eigenvalue weighted by atomic mass is 10.4. The Balaban J connectivity index is 2.57. The highest BCUT2D eigenvalue weighted by atomic mass is 32.5. The first-order valence-electron chi connectivity index (χ1n) is 5.51. The molecule has 1 aromatic heterocycles. The summed E-state index contributed by atoms with van der Waals surface area (Å²) in [6.45, 7) is -0.562. The molecule has 0 N–H and O–H groups in total. The minimum Gasteiger partial charge on any atom is -0.404 e. The summed E-state index contributed by atoms with van der Waals surface area (Å²) >= 11 is 6.75. The Labute approximate surface area is 117 Å². The van der Waals surface area contributed by atoms with Crippen LogP contribution in [0, 0.1) is 0 Å². The first kappa shape index (κ1) is 15.9. The van der Waals surface area contributed by atoms with Gasteiger partial charge in [-0.2, -0.15) is 0 Å². The molecule has 0 unspecified atom stereocenters. The Morgan fingerprint density at radius 2 is 2.00 bits per heavy atom. The Hall–Kier alpha value is -0.200. The first-order chi connectivity index (χ1) is 8.63. The number of unbranched alkanes of at least 4 members (excludes halogenated alkanes) is 1. The van der Waals surface area contributed by atoms with Gasteiger partial charge in [-0.1, -0.05) is 13.3 Å². The fraction of sp³-hybridized carbons (Fsp3) is 0.600. The van der Waals surface area contributed by atoms with Crippen molar-refractivity contribution in [2.24, 2.45) is 0 Å². The molecule has 102 valence electrons. The van der Waals surface area contributed by atoms with Crippen LogP contribution in [0.25, 0.3) is 0 Å². The van der Waals surface area contributed by atoms with Gasteiger partial charge < -0.3 is 13.6 Å². The van der Waals surface area contributed by atoms with E-state index in [0.29, 0.717) is 5.88 Å².